The zero-order valence-corrected chi connectivity index (χ0v) is 19.3. The third kappa shape index (κ3) is 5.86. The van der Waals surface area contributed by atoms with Gasteiger partial charge in [-0.05, 0) is 60.2 Å². The van der Waals surface area contributed by atoms with Crippen molar-refractivity contribution in [2.75, 3.05) is 12.4 Å². The number of anilines is 1. The highest BCUT2D eigenvalue weighted by Gasteiger charge is 2.29. The number of rotatable bonds is 8. The summed E-state index contributed by atoms with van der Waals surface area (Å²) in [7, 11) is -2.36. The first-order valence-corrected chi connectivity index (χ1v) is 12.0. The predicted octanol–water partition coefficient (Wildman–Crippen LogP) is 2.59. The standard InChI is InChI=1S/C23H29N3O5S/c1-15(2)22(23(28)24-14-16-7-9-18(31-3)10-8-16)26-32(29,30)19-11-12-20-17(13-19)5-4-6-21(27)25-20/h7-13,15,22,26H,4-6,14H2,1-3H3,(H,24,28)(H,25,27)/t22-/m0/s1. The summed E-state index contributed by atoms with van der Waals surface area (Å²) in [6, 6.07) is 10.9. The Bertz CT molecular complexity index is 1080. The summed E-state index contributed by atoms with van der Waals surface area (Å²) >= 11 is 0. The maximum absolute atomic E-state index is 13.0. The summed E-state index contributed by atoms with van der Waals surface area (Å²) < 4.78 is 33.8. The van der Waals surface area contributed by atoms with Gasteiger partial charge < -0.3 is 15.4 Å². The van der Waals surface area contributed by atoms with E-state index in [0.717, 1.165) is 11.1 Å². The van der Waals surface area contributed by atoms with Crippen molar-refractivity contribution in [3.8, 4) is 5.75 Å². The average Bonchev–Trinajstić information content (AvgIpc) is 2.95. The minimum absolute atomic E-state index is 0.0704. The van der Waals surface area contributed by atoms with Gasteiger partial charge in [-0.2, -0.15) is 4.72 Å². The minimum atomic E-state index is -3.94. The average molecular weight is 460 g/mol. The number of carbonyl (C=O) groups excluding carboxylic acids is 2. The number of methoxy groups -OCH3 is 1. The number of amides is 2. The van der Waals surface area contributed by atoms with Crippen molar-refractivity contribution < 1.29 is 22.7 Å². The summed E-state index contributed by atoms with van der Waals surface area (Å²) in [4.78, 5) is 24.6. The lowest BCUT2D eigenvalue weighted by molar-refractivity contribution is -0.123. The van der Waals surface area contributed by atoms with Crippen LogP contribution in [0.3, 0.4) is 0 Å². The highest BCUT2D eigenvalue weighted by Crippen LogP contribution is 2.25. The Balaban J connectivity index is 1.72. The number of hydrogen-bond donors (Lipinski definition) is 3. The van der Waals surface area contributed by atoms with Crippen molar-refractivity contribution in [3.63, 3.8) is 0 Å². The molecule has 0 aromatic heterocycles. The zero-order chi connectivity index (χ0) is 23.3. The summed E-state index contributed by atoms with van der Waals surface area (Å²) in [5, 5.41) is 5.59. The van der Waals surface area contributed by atoms with Crippen LogP contribution in [0.5, 0.6) is 5.75 Å². The molecule has 3 rings (SSSR count). The van der Waals surface area contributed by atoms with E-state index in [1.807, 2.05) is 12.1 Å². The molecule has 0 fully saturated rings. The lowest BCUT2D eigenvalue weighted by atomic mass is 10.0. The second-order valence-electron chi connectivity index (χ2n) is 8.13. The van der Waals surface area contributed by atoms with Gasteiger partial charge in [0, 0.05) is 18.7 Å². The Morgan fingerprint density at radius 2 is 1.84 bits per heavy atom. The Hall–Kier alpha value is -2.91. The van der Waals surface area contributed by atoms with Crippen LogP contribution >= 0.6 is 0 Å². The second-order valence-corrected chi connectivity index (χ2v) is 9.84. The van der Waals surface area contributed by atoms with Gasteiger partial charge in [-0.25, -0.2) is 8.42 Å². The summed E-state index contributed by atoms with van der Waals surface area (Å²) in [5.41, 5.74) is 2.27. The smallest absolute Gasteiger partial charge is 0.241 e. The van der Waals surface area contributed by atoms with E-state index in [-0.39, 0.29) is 23.3 Å². The van der Waals surface area contributed by atoms with E-state index < -0.39 is 22.0 Å². The summed E-state index contributed by atoms with van der Waals surface area (Å²) in [5.74, 6) is -0.0266. The molecule has 1 aliphatic rings. The van der Waals surface area contributed by atoms with Crippen LogP contribution in [-0.4, -0.2) is 33.4 Å². The molecule has 0 radical (unpaired) electrons. The minimum Gasteiger partial charge on any atom is -0.497 e. The van der Waals surface area contributed by atoms with Crippen LogP contribution in [0.2, 0.25) is 0 Å². The molecule has 2 aromatic carbocycles. The lowest BCUT2D eigenvalue weighted by Gasteiger charge is -2.22. The van der Waals surface area contributed by atoms with Gasteiger partial charge >= 0.3 is 0 Å². The fourth-order valence-corrected chi connectivity index (χ4v) is 4.88. The fraction of sp³-hybridized carbons (Fsp3) is 0.391. The molecule has 1 aliphatic heterocycles. The molecular formula is C23H29N3O5S. The Morgan fingerprint density at radius 1 is 1.12 bits per heavy atom. The van der Waals surface area contributed by atoms with E-state index in [1.54, 1.807) is 45.2 Å². The van der Waals surface area contributed by atoms with Crippen LogP contribution in [0.4, 0.5) is 5.69 Å². The van der Waals surface area contributed by atoms with E-state index in [0.29, 0.717) is 30.7 Å². The van der Waals surface area contributed by atoms with Gasteiger partial charge in [0.25, 0.3) is 0 Å². The molecule has 8 nitrogen and oxygen atoms in total. The molecule has 0 aliphatic carbocycles. The van der Waals surface area contributed by atoms with Crippen LogP contribution in [0.1, 0.15) is 37.8 Å². The van der Waals surface area contributed by atoms with Crippen molar-refractivity contribution in [1.29, 1.82) is 0 Å². The van der Waals surface area contributed by atoms with Crippen molar-refractivity contribution in [2.24, 2.45) is 5.92 Å². The number of aryl methyl sites for hydroxylation is 1. The molecule has 0 spiro atoms. The molecule has 172 valence electrons. The number of carbonyl (C=O) groups is 2. The summed E-state index contributed by atoms with van der Waals surface area (Å²) in [6.45, 7) is 3.84. The molecule has 2 amide bonds. The first kappa shape index (κ1) is 23.7. The number of benzene rings is 2. The largest absolute Gasteiger partial charge is 0.497 e. The van der Waals surface area contributed by atoms with E-state index in [1.165, 1.54) is 6.07 Å². The first-order valence-electron chi connectivity index (χ1n) is 10.6. The topological polar surface area (TPSA) is 114 Å². The lowest BCUT2D eigenvalue weighted by Crippen LogP contribution is -2.49. The number of hydrogen-bond acceptors (Lipinski definition) is 5. The molecule has 0 unspecified atom stereocenters. The SMILES string of the molecule is COc1ccc(CNC(=O)[C@@H](NS(=O)(=O)c2ccc3c(c2)CCCC(=O)N3)C(C)C)cc1. The quantitative estimate of drug-likeness (QED) is 0.562. The van der Waals surface area contributed by atoms with Crippen LogP contribution in [-0.2, 0) is 32.6 Å². The van der Waals surface area contributed by atoms with Crippen LogP contribution in [0.25, 0.3) is 0 Å². The number of sulfonamides is 1. The van der Waals surface area contributed by atoms with Crippen molar-refractivity contribution >= 4 is 27.5 Å². The van der Waals surface area contributed by atoms with Crippen molar-refractivity contribution in [2.45, 2.75) is 50.6 Å². The van der Waals surface area contributed by atoms with Crippen LogP contribution in [0, 0.1) is 5.92 Å². The molecule has 2 aromatic rings. The zero-order valence-electron chi connectivity index (χ0n) is 18.5. The van der Waals surface area contributed by atoms with E-state index >= 15 is 0 Å². The van der Waals surface area contributed by atoms with Gasteiger partial charge in [0.2, 0.25) is 21.8 Å². The Kier molecular flexibility index (Phi) is 7.52. The molecule has 1 heterocycles. The van der Waals surface area contributed by atoms with Crippen LogP contribution in [0.15, 0.2) is 47.4 Å². The number of fused-ring (bicyclic) bond motifs is 1. The molecule has 32 heavy (non-hydrogen) atoms. The molecule has 0 saturated heterocycles. The fourth-order valence-electron chi connectivity index (χ4n) is 3.49. The summed E-state index contributed by atoms with van der Waals surface area (Å²) in [6.07, 6.45) is 1.66. The van der Waals surface area contributed by atoms with E-state index in [4.69, 9.17) is 4.74 Å². The second kappa shape index (κ2) is 10.1. The normalized spacial score (nSPS) is 14.8. The molecular weight excluding hydrogens is 430 g/mol. The molecule has 9 heteroatoms. The van der Waals surface area contributed by atoms with Crippen molar-refractivity contribution in [1.82, 2.24) is 10.0 Å². The Labute approximate surface area is 188 Å². The maximum atomic E-state index is 13.0. The highest BCUT2D eigenvalue weighted by molar-refractivity contribution is 7.89. The third-order valence-electron chi connectivity index (χ3n) is 5.37. The maximum Gasteiger partial charge on any atom is 0.241 e. The van der Waals surface area contributed by atoms with Gasteiger partial charge in [0.1, 0.15) is 11.8 Å². The molecule has 0 bridgehead atoms. The molecule has 3 N–H and O–H groups in total. The first-order chi connectivity index (χ1) is 15.2. The monoisotopic (exact) mass is 459 g/mol. The van der Waals surface area contributed by atoms with Crippen LogP contribution < -0.4 is 20.1 Å². The molecule has 1 atom stereocenters. The number of nitrogens with one attached hydrogen (secondary N) is 3. The Morgan fingerprint density at radius 3 is 2.50 bits per heavy atom. The van der Waals surface area contributed by atoms with Crippen molar-refractivity contribution in [3.05, 3.63) is 53.6 Å². The van der Waals surface area contributed by atoms with E-state index in [2.05, 4.69) is 15.4 Å². The van der Waals surface area contributed by atoms with E-state index in [9.17, 15) is 18.0 Å². The van der Waals surface area contributed by atoms with Gasteiger partial charge in [-0.15, -0.1) is 0 Å². The van der Waals surface area contributed by atoms with Gasteiger partial charge in [-0.3, -0.25) is 9.59 Å². The third-order valence-corrected chi connectivity index (χ3v) is 6.81. The van der Waals surface area contributed by atoms with Gasteiger partial charge in [0.15, 0.2) is 0 Å². The highest BCUT2D eigenvalue weighted by atomic mass is 32.2. The van der Waals surface area contributed by atoms with Gasteiger partial charge in [0.05, 0.1) is 12.0 Å². The van der Waals surface area contributed by atoms with Gasteiger partial charge in [-0.1, -0.05) is 26.0 Å². The predicted molar refractivity (Wildman–Crippen MR) is 122 cm³/mol. The number of ether oxygens (including phenoxy) is 1. The molecule has 0 saturated carbocycles.